The smallest absolute Gasteiger partial charge is 0.184 e. The van der Waals surface area contributed by atoms with Gasteiger partial charge in [0.25, 0.3) is 0 Å². The molecule has 14 heavy (non-hydrogen) atoms. The molecule has 74 valence electrons. The van der Waals surface area contributed by atoms with Crippen molar-refractivity contribution < 1.29 is 9.13 Å². The minimum atomic E-state index is -0.592. The molecule has 0 aliphatic carbocycles. The van der Waals surface area contributed by atoms with Crippen molar-refractivity contribution in [3.8, 4) is 11.8 Å². The van der Waals surface area contributed by atoms with Crippen LogP contribution in [0.5, 0.6) is 5.75 Å². The predicted molar refractivity (Wildman–Crippen MR) is 54.4 cm³/mol. The van der Waals surface area contributed by atoms with Crippen LogP contribution in [0.1, 0.15) is 13.3 Å². The number of benzene rings is 1. The highest BCUT2D eigenvalue weighted by Crippen LogP contribution is 2.22. The first-order chi connectivity index (χ1) is 6.67. The van der Waals surface area contributed by atoms with Gasteiger partial charge in [0.15, 0.2) is 17.7 Å². The van der Waals surface area contributed by atoms with E-state index in [-0.39, 0.29) is 5.75 Å². The number of nitrogens with zero attached hydrogens (tertiary/aromatic N) is 1. The van der Waals surface area contributed by atoms with E-state index in [4.69, 9.17) is 10.00 Å². The summed E-state index contributed by atoms with van der Waals surface area (Å²) in [6.07, 6.45) is -0.0582. The SMILES string of the molecule is CCC(C#N)Oc1ccc(Br)cc1F. The van der Waals surface area contributed by atoms with Gasteiger partial charge in [0.05, 0.1) is 0 Å². The minimum absolute atomic E-state index is 0.113. The summed E-state index contributed by atoms with van der Waals surface area (Å²) in [5.41, 5.74) is 0. The number of nitriles is 1. The molecule has 1 aromatic carbocycles. The summed E-state index contributed by atoms with van der Waals surface area (Å²) in [6.45, 7) is 1.81. The van der Waals surface area contributed by atoms with Gasteiger partial charge >= 0.3 is 0 Å². The third kappa shape index (κ3) is 2.71. The van der Waals surface area contributed by atoms with E-state index in [0.29, 0.717) is 10.9 Å². The molecule has 0 radical (unpaired) electrons. The Kier molecular flexibility index (Phi) is 3.90. The maximum absolute atomic E-state index is 13.2. The van der Waals surface area contributed by atoms with Gasteiger partial charge < -0.3 is 4.74 Å². The molecule has 0 saturated carbocycles. The van der Waals surface area contributed by atoms with Crippen LogP contribution in [0.3, 0.4) is 0 Å². The Morgan fingerprint density at radius 3 is 2.86 bits per heavy atom. The Bertz CT molecular complexity index is 362. The normalized spacial score (nSPS) is 11.9. The Balaban J connectivity index is 2.82. The number of hydrogen-bond acceptors (Lipinski definition) is 2. The van der Waals surface area contributed by atoms with E-state index in [1.165, 1.54) is 12.1 Å². The van der Waals surface area contributed by atoms with Crippen molar-refractivity contribution in [1.82, 2.24) is 0 Å². The summed E-state index contributed by atoms with van der Waals surface area (Å²) in [6, 6.07) is 6.41. The minimum Gasteiger partial charge on any atom is -0.473 e. The van der Waals surface area contributed by atoms with Crippen molar-refractivity contribution in [2.45, 2.75) is 19.4 Å². The molecule has 4 heteroatoms. The zero-order valence-electron chi connectivity index (χ0n) is 7.63. The molecular weight excluding hydrogens is 249 g/mol. The zero-order valence-corrected chi connectivity index (χ0v) is 9.21. The Morgan fingerprint density at radius 1 is 1.64 bits per heavy atom. The zero-order chi connectivity index (χ0) is 10.6. The topological polar surface area (TPSA) is 33.0 Å². The van der Waals surface area contributed by atoms with E-state index in [9.17, 15) is 4.39 Å². The lowest BCUT2D eigenvalue weighted by molar-refractivity contribution is 0.240. The highest BCUT2D eigenvalue weighted by atomic mass is 79.9. The van der Waals surface area contributed by atoms with Gasteiger partial charge in [-0.2, -0.15) is 5.26 Å². The maximum Gasteiger partial charge on any atom is 0.184 e. The average Bonchev–Trinajstić information content (AvgIpc) is 2.17. The maximum atomic E-state index is 13.2. The fourth-order valence-electron chi connectivity index (χ4n) is 0.925. The quantitative estimate of drug-likeness (QED) is 0.833. The first-order valence-electron chi connectivity index (χ1n) is 4.18. The van der Waals surface area contributed by atoms with Crippen LogP contribution >= 0.6 is 15.9 Å². The summed E-state index contributed by atoms with van der Waals surface area (Å²) < 4.78 is 19.0. The molecule has 0 aliphatic rings. The van der Waals surface area contributed by atoms with Crippen LogP contribution in [-0.4, -0.2) is 6.10 Å². The molecule has 1 aromatic rings. The summed E-state index contributed by atoms with van der Waals surface area (Å²) >= 11 is 3.14. The third-order valence-corrected chi connectivity index (χ3v) is 2.17. The molecule has 0 N–H and O–H groups in total. The van der Waals surface area contributed by atoms with Gasteiger partial charge in [0.2, 0.25) is 0 Å². The first-order valence-corrected chi connectivity index (χ1v) is 4.98. The van der Waals surface area contributed by atoms with Crippen LogP contribution in [0, 0.1) is 17.1 Å². The van der Waals surface area contributed by atoms with Crippen molar-refractivity contribution in [1.29, 1.82) is 5.26 Å². The molecule has 0 amide bonds. The lowest BCUT2D eigenvalue weighted by atomic mass is 10.3. The average molecular weight is 258 g/mol. The molecule has 0 aromatic heterocycles. The molecule has 1 rings (SSSR count). The number of hydrogen-bond donors (Lipinski definition) is 0. The molecule has 1 unspecified atom stereocenters. The molecule has 1 atom stereocenters. The van der Waals surface area contributed by atoms with Gasteiger partial charge in [-0.1, -0.05) is 22.9 Å². The number of halogens is 2. The van der Waals surface area contributed by atoms with Crippen LogP contribution < -0.4 is 4.74 Å². The Labute approximate surface area is 90.4 Å². The van der Waals surface area contributed by atoms with Crippen LogP contribution in [0.2, 0.25) is 0 Å². The lowest BCUT2D eigenvalue weighted by Gasteiger charge is -2.10. The van der Waals surface area contributed by atoms with E-state index < -0.39 is 11.9 Å². The molecule has 2 nitrogen and oxygen atoms in total. The van der Waals surface area contributed by atoms with Crippen molar-refractivity contribution in [2.24, 2.45) is 0 Å². The van der Waals surface area contributed by atoms with Gasteiger partial charge in [-0.15, -0.1) is 0 Å². The number of ether oxygens (including phenoxy) is 1. The fourth-order valence-corrected chi connectivity index (χ4v) is 1.26. The predicted octanol–water partition coefficient (Wildman–Crippen LogP) is 3.27. The van der Waals surface area contributed by atoms with E-state index in [2.05, 4.69) is 15.9 Å². The van der Waals surface area contributed by atoms with Crippen LogP contribution in [-0.2, 0) is 0 Å². The van der Waals surface area contributed by atoms with E-state index >= 15 is 0 Å². The number of rotatable bonds is 3. The van der Waals surface area contributed by atoms with E-state index in [1.807, 2.05) is 13.0 Å². The molecule has 0 fully saturated rings. The lowest BCUT2D eigenvalue weighted by Crippen LogP contribution is -2.12. The molecule has 0 spiro atoms. The highest BCUT2D eigenvalue weighted by molar-refractivity contribution is 9.10. The molecular formula is C10H9BrFNO. The molecule has 0 saturated heterocycles. The van der Waals surface area contributed by atoms with Crippen LogP contribution in [0.15, 0.2) is 22.7 Å². The summed E-state index contributed by atoms with van der Waals surface area (Å²) in [5.74, 6) is -0.352. The summed E-state index contributed by atoms with van der Waals surface area (Å²) in [7, 11) is 0. The van der Waals surface area contributed by atoms with Gasteiger partial charge in [0.1, 0.15) is 6.07 Å². The van der Waals surface area contributed by atoms with Crippen LogP contribution in [0.4, 0.5) is 4.39 Å². The van der Waals surface area contributed by atoms with Crippen LogP contribution in [0.25, 0.3) is 0 Å². The Hall–Kier alpha value is -1.08. The van der Waals surface area contributed by atoms with E-state index in [1.54, 1.807) is 6.07 Å². The summed E-state index contributed by atoms with van der Waals surface area (Å²) in [4.78, 5) is 0. The largest absolute Gasteiger partial charge is 0.473 e. The fraction of sp³-hybridized carbons (Fsp3) is 0.300. The van der Waals surface area contributed by atoms with Crippen molar-refractivity contribution in [2.75, 3.05) is 0 Å². The van der Waals surface area contributed by atoms with Crippen molar-refractivity contribution >= 4 is 15.9 Å². The van der Waals surface area contributed by atoms with Gasteiger partial charge in [-0.25, -0.2) is 4.39 Å². The second kappa shape index (κ2) is 4.97. The second-order valence-electron chi connectivity index (χ2n) is 2.72. The van der Waals surface area contributed by atoms with Gasteiger partial charge in [-0.3, -0.25) is 0 Å². The van der Waals surface area contributed by atoms with E-state index in [0.717, 1.165) is 0 Å². The molecule has 0 aliphatic heterocycles. The molecule has 0 bridgehead atoms. The molecule has 0 heterocycles. The standard InChI is InChI=1S/C10H9BrFNO/c1-2-8(6-13)14-10-4-3-7(11)5-9(10)12/h3-5,8H,2H2,1H3. The Morgan fingerprint density at radius 2 is 2.36 bits per heavy atom. The first kappa shape index (κ1) is 11.0. The second-order valence-corrected chi connectivity index (χ2v) is 3.63. The third-order valence-electron chi connectivity index (χ3n) is 1.68. The highest BCUT2D eigenvalue weighted by Gasteiger charge is 2.09. The monoisotopic (exact) mass is 257 g/mol. The van der Waals surface area contributed by atoms with Crippen molar-refractivity contribution in [3.63, 3.8) is 0 Å². The van der Waals surface area contributed by atoms with Gasteiger partial charge in [-0.05, 0) is 24.6 Å². The summed E-state index contributed by atoms with van der Waals surface area (Å²) in [5, 5.41) is 8.63. The van der Waals surface area contributed by atoms with Crippen molar-refractivity contribution in [3.05, 3.63) is 28.5 Å². The van der Waals surface area contributed by atoms with Gasteiger partial charge in [0, 0.05) is 4.47 Å².